The molecule has 27 heavy (non-hydrogen) atoms. The molecular formula is C20H40NaO5S. The number of carbonyl (C=O) groups excluding carboxylic acids is 1. The van der Waals surface area contributed by atoms with Crippen molar-refractivity contribution in [2.24, 2.45) is 0 Å². The first-order valence-corrected chi connectivity index (χ1v) is 11.9. The average Bonchev–Trinajstić information content (AvgIpc) is 2.56. The Labute approximate surface area is 190 Å². The SMILES string of the molecule is CCCCCCCCCCCCCCCCCCOS(=O)(=O)OC(C)=O.[Na]. The number of carbonyl (C=O) groups is 1. The predicted octanol–water partition coefficient (Wildman–Crippen LogP) is 5.69. The Bertz CT molecular complexity index is 426. The van der Waals surface area contributed by atoms with Gasteiger partial charge in [-0.3, -0.25) is 4.79 Å². The summed E-state index contributed by atoms with van der Waals surface area (Å²) >= 11 is 0. The molecule has 0 bridgehead atoms. The van der Waals surface area contributed by atoms with Gasteiger partial charge in [-0.1, -0.05) is 103 Å². The smallest absolute Gasteiger partial charge is 0.325 e. The molecule has 0 rings (SSSR count). The minimum atomic E-state index is -4.15. The van der Waals surface area contributed by atoms with Gasteiger partial charge in [-0.25, -0.2) is 4.18 Å². The molecule has 0 fully saturated rings. The first-order chi connectivity index (χ1) is 12.5. The Hall–Kier alpha value is 0.380. The number of hydrogen-bond acceptors (Lipinski definition) is 5. The first kappa shape index (κ1) is 29.6. The van der Waals surface area contributed by atoms with Gasteiger partial charge in [-0.05, 0) is 6.42 Å². The van der Waals surface area contributed by atoms with Crippen LogP contribution in [0.4, 0.5) is 0 Å². The fourth-order valence-electron chi connectivity index (χ4n) is 2.98. The van der Waals surface area contributed by atoms with E-state index in [9.17, 15) is 13.2 Å². The van der Waals surface area contributed by atoms with Crippen molar-refractivity contribution in [2.75, 3.05) is 6.61 Å². The third-order valence-electron chi connectivity index (χ3n) is 4.44. The van der Waals surface area contributed by atoms with Crippen molar-refractivity contribution >= 4 is 45.9 Å². The van der Waals surface area contributed by atoms with Crippen molar-refractivity contribution in [2.45, 2.75) is 117 Å². The molecule has 0 aliphatic heterocycles. The molecule has 157 valence electrons. The van der Waals surface area contributed by atoms with Crippen LogP contribution < -0.4 is 0 Å². The zero-order valence-corrected chi connectivity index (χ0v) is 20.8. The Morgan fingerprint density at radius 3 is 1.33 bits per heavy atom. The summed E-state index contributed by atoms with van der Waals surface area (Å²) in [5, 5.41) is 0. The minimum Gasteiger partial charge on any atom is -0.325 e. The summed E-state index contributed by atoms with van der Waals surface area (Å²) in [6.07, 6.45) is 20.2. The fourth-order valence-corrected chi connectivity index (χ4v) is 3.64. The summed E-state index contributed by atoms with van der Waals surface area (Å²) in [6.45, 7) is 3.37. The van der Waals surface area contributed by atoms with Crippen molar-refractivity contribution in [3.8, 4) is 0 Å². The topological polar surface area (TPSA) is 69.7 Å². The van der Waals surface area contributed by atoms with Gasteiger partial charge in [0.15, 0.2) is 0 Å². The maximum Gasteiger partial charge on any atom is 0.451 e. The molecule has 0 saturated heterocycles. The summed E-state index contributed by atoms with van der Waals surface area (Å²) in [5.74, 6) is -0.878. The van der Waals surface area contributed by atoms with E-state index >= 15 is 0 Å². The van der Waals surface area contributed by atoms with E-state index in [1.54, 1.807) is 0 Å². The molecule has 0 atom stereocenters. The van der Waals surface area contributed by atoms with E-state index in [1.165, 1.54) is 83.5 Å². The second-order valence-electron chi connectivity index (χ2n) is 7.11. The summed E-state index contributed by atoms with van der Waals surface area (Å²) in [4.78, 5) is 10.6. The van der Waals surface area contributed by atoms with Crippen LogP contribution in [-0.2, 0) is 23.6 Å². The Kier molecular flexibility index (Phi) is 23.1. The zero-order valence-electron chi connectivity index (χ0n) is 18.0. The third kappa shape index (κ3) is 24.3. The van der Waals surface area contributed by atoms with E-state index in [1.807, 2.05) is 0 Å². The van der Waals surface area contributed by atoms with E-state index in [2.05, 4.69) is 15.3 Å². The molecule has 0 amide bonds. The quantitative estimate of drug-likeness (QED) is 0.200. The van der Waals surface area contributed by atoms with Gasteiger partial charge in [0.25, 0.3) is 0 Å². The Morgan fingerprint density at radius 2 is 1.00 bits per heavy atom. The van der Waals surface area contributed by atoms with Gasteiger partial charge >= 0.3 is 16.4 Å². The van der Waals surface area contributed by atoms with Crippen LogP contribution in [0.3, 0.4) is 0 Å². The Morgan fingerprint density at radius 1 is 0.667 bits per heavy atom. The summed E-state index contributed by atoms with van der Waals surface area (Å²) in [6, 6.07) is 0. The fraction of sp³-hybridized carbons (Fsp3) is 0.950. The van der Waals surface area contributed by atoms with E-state index in [0.717, 1.165) is 19.8 Å². The van der Waals surface area contributed by atoms with Gasteiger partial charge < -0.3 is 4.18 Å². The predicted molar refractivity (Wildman–Crippen MR) is 112 cm³/mol. The second-order valence-corrected chi connectivity index (χ2v) is 8.33. The van der Waals surface area contributed by atoms with Crippen LogP contribution >= 0.6 is 0 Å². The van der Waals surface area contributed by atoms with E-state index in [0.29, 0.717) is 6.42 Å². The summed E-state index contributed by atoms with van der Waals surface area (Å²) in [7, 11) is -4.15. The van der Waals surface area contributed by atoms with Crippen molar-refractivity contribution in [3.05, 3.63) is 0 Å². The van der Waals surface area contributed by atoms with Crippen molar-refractivity contribution in [1.29, 1.82) is 0 Å². The van der Waals surface area contributed by atoms with Gasteiger partial charge in [0, 0.05) is 36.5 Å². The van der Waals surface area contributed by atoms with Crippen LogP contribution in [-0.4, -0.2) is 50.6 Å². The molecule has 0 aromatic carbocycles. The van der Waals surface area contributed by atoms with Crippen molar-refractivity contribution < 1.29 is 21.6 Å². The zero-order chi connectivity index (χ0) is 19.5. The maximum atomic E-state index is 11.1. The molecule has 7 heteroatoms. The molecular weight excluding hydrogens is 375 g/mol. The molecule has 0 aromatic rings. The van der Waals surface area contributed by atoms with Gasteiger partial charge in [0.2, 0.25) is 0 Å². The van der Waals surface area contributed by atoms with Crippen molar-refractivity contribution in [1.82, 2.24) is 0 Å². The van der Waals surface area contributed by atoms with Crippen LogP contribution in [0.5, 0.6) is 0 Å². The molecule has 0 aliphatic carbocycles. The third-order valence-corrected chi connectivity index (χ3v) is 5.34. The molecule has 0 aromatic heterocycles. The summed E-state index contributed by atoms with van der Waals surface area (Å²) < 4.78 is 30.9. The normalized spacial score (nSPS) is 11.2. The largest absolute Gasteiger partial charge is 0.451 e. The van der Waals surface area contributed by atoms with Crippen LogP contribution in [0.25, 0.3) is 0 Å². The van der Waals surface area contributed by atoms with Gasteiger partial charge in [0.1, 0.15) is 0 Å². The standard InChI is InChI=1S/C20H40O5S.Na/c1-3-4-5-6-7-8-9-10-11-12-13-14-15-16-17-18-19-24-26(22,23)25-20(2)21;/h3-19H2,1-2H3;. The number of rotatable bonds is 19. The number of hydrogen-bond donors (Lipinski definition) is 0. The molecule has 0 heterocycles. The second kappa shape index (κ2) is 21.1. The monoisotopic (exact) mass is 415 g/mol. The van der Waals surface area contributed by atoms with Crippen LogP contribution in [0.2, 0.25) is 0 Å². The van der Waals surface area contributed by atoms with E-state index < -0.39 is 16.4 Å². The molecule has 5 nitrogen and oxygen atoms in total. The summed E-state index contributed by atoms with van der Waals surface area (Å²) in [5.41, 5.74) is 0. The maximum absolute atomic E-state index is 11.1. The van der Waals surface area contributed by atoms with Gasteiger partial charge in [-0.15, -0.1) is 0 Å². The molecule has 0 N–H and O–H groups in total. The van der Waals surface area contributed by atoms with Crippen LogP contribution in [0.15, 0.2) is 0 Å². The van der Waals surface area contributed by atoms with Crippen LogP contribution in [0.1, 0.15) is 117 Å². The van der Waals surface area contributed by atoms with E-state index in [-0.39, 0.29) is 36.2 Å². The minimum absolute atomic E-state index is 0. The Balaban J connectivity index is 0. The molecule has 0 aliphatic rings. The average molecular weight is 416 g/mol. The molecule has 0 saturated carbocycles. The molecule has 0 unspecified atom stereocenters. The van der Waals surface area contributed by atoms with Gasteiger partial charge in [-0.2, -0.15) is 8.42 Å². The molecule has 0 spiro atoms. The molecule has 1 radical (unpaired) electrons. The first-order valence-electron chi connectivity index (χ1n) is 10.6. The van der Waals surface area contributed by atoms with E-state index in [4.69, 9.17) is 0 Å². The van der Waals surface area contributed by atoms with Crippen molar-refractivity contribution in [3.63, 3.8) is 0 Å². The number of unbranched alkanes of at least 4 members (excludes halogenated alkanes) is 15. The van der Waals surface area contributed by atoms with Gasteiger partial charge in [0.05, 0.1) is 6.61 Å². The van der Waals surface area contributed by atoms with Crippen LogP contribution in [0, 0.1) is 0 Å².